The first-order chi connectivity index (χ1) is 12.1. The van der Waals surface area contributed by atoms with Gasteiger partial charge in [0.1, 0.15) is 5.69 Å². The van der Waals surface area contributed by atoms with Gasteiger partial charge in [0.25, 0.3) is 0 Å². The second kappa shape index (κ2) is 8.50. The Morgan fingerprint density at radius 1 is 1.20 bits per heavy atom. The van der Waals surface area contributed by atoms with Gasteiger partial charge in [0, 0.05) is 33.6 Å². The van der Waals surface area contributed by atoms with Crippen LogP contribution in [0.4, 0.5) is 17.5 Å². The van der Waals surface area contributed by atoms with Gasteiger partial charge in [-0.1, -0.05) is 25.7 Å². The van der Waals surface area contributed by atoms with Crippen LogP contribution in [0.15, 0.2) is 6.20 Å². The molecule has 1 saturated carbocycles. The van der Waals surface area contributed by atoms with Crippen molar-refractivity contribution in [2.24, 2.45) is 5.92 Å². The molecule has 6 nitrogen and oxygen atoms in total. The van der Waals surface area contributed by atoms with Gasteiger partial charge >= 0.3 is 0 Å². The molecule has 1 N–H and O–H groups in total. The van der Waals surface area contributed by atoms with Crippen molar-refractivity contribution in [3.8, 4) is 0 Å². The number of anilines is 3. The summed E-state index contributed by atoms with van der Waals surface area (Å²) in [6, 6.07) is 0. The number of hydrogen-bond acceptors (Lipinski definition) is 5. The highest BCUT2D eigenvalue weighted by molar-refractivity contribution is 5.93. The van der Waals surface area contributed by atoms with E-state index < -0.39 is 0 Å². The second-order valence-electron chi connectivity index (χ2n) is 7.59. The normalized spacial score (nSPS) is 18.4. The summed E-state index contributed by atoms with van der Waals surface area (Å²) in [5.41, 5.74) is 0.710. The number of piperidine rings is 1. The van der Waals surface area contributed by atoms with E-state index in [1.807, 2.05) is 19.0 Å². The Labute approximate surface area is 151 Å². The van der Waals surface area contributed by atoms with E-state index in [1.165, 1.54) is 44.9 Å². The molecule has 0 atom stereocenters. The van der Waals surface area contributed by atoms with Crippen LogP contribution in [0, 0.1) is 5.92 Å². The summed E-state index contributed by atoms with van der Waals surface area (Å²) in [5.74, 6) is 2.36. The molecular weight excluding hydrogens is 314 g/mol. The average molecular weight is 345 g/mol. The number of rotatable bonds is 6. The standard InChI is InChI=1S/C19H31N5O/c1-23(2)18-16(21-17(25)11-10-15-8-4-5-9-15)14-20-19(22-18)24-12-6-3-7-13-24/h14-15H,3-13H2,1-2H3,(H,21,25). The summed E-state index contributed by atoms with van der Waals surface area (Å²) in [6.07, 6.45) is 12.2. The molecule has 0 radical (unpaired) electrons. The van der Waals surface area contributed by atoms with Crippen LogP contribution in [0.2, 0.25) is 0 Å². The van der Waals surface area contributed by atoms with Crippen molar-refractivity contribution in [3.63, 3.8) is 0 Å². The zero-order valence-corrected chi connectivity index (χ0v) is 15.6. The van der Waals surface area contributed by atoms with Gasteiger partial charge in [-0.25, -0.2) is 4.98 Å². The fourth-order valence-electron chi connectivity index (χ4n) is 3.89. The molecule has 1 aliphatic carbocycles. The number of aromatic nitrogens is 2. The lowest BCUT2D eigenvalue weighted by atomic mass is 10.0. The fourth-order valence-corrected chi connectivity index (χ4v) is 3.89. The highest BCUT2D eigenvalue weighted by Crippen LogP contribution is 2.29. The van der Waals surface area contributed by atoms with E-state index in [4.69, 9.17) is 4.98 Å². The summed E-state index contributed by atoms with van der Waals surface area (Å²) < 4.78 is 0. The molecule has 2 fully saturated rings. The third kappa shape index (κ3) is 4.83. The second-order valence-corrected chi connectivity index (χ2v) is 7.59. The molecule has 1 aliphatic heterocycles. The van der Waals surface area contributed by atoms with Gasteiger partial charge in [-0.05, 0) is 31.6 Å². The van der Waals surface area contributed by atoms with Crippen LogP contribution >= 0.6 is 0 Å². The lowest BCUT2D eigenvalue weighted by Gasteiger charge is -2.28. The minimum absolute atomic E-state index is 0.0734. The SMILES string of the molecule is CN(C)c1nc(N2CCCCC2)ncc1NC(=O)CCC1CCCC1. The monoisotopic (exact) mass is 345 g/mol. The summed E-state index contributed by atoms with van der Waals surface area (Å²) >= 11 is 0. The molecule has 25 heavy (non-hydrogen) atoms. The molecule has 1 aromatic heterocycles. The van der Waals surface area contributed by atoms with Crippen molar-refractivity contribution in [2.75, 3.05) is 42.3 Å². The molecule has 1 aromatic rings. The summed E-state index contributed by atoms with van der Waals surface area (Å²) in [6.45, 7) is 2.03. The van der Waals surface area contributed by atoms with Crippen LogP contribution in [0.1, 0.15) is 57.8 Å². The Balaban J connectivity index is 1.63. The molecule has 0 unspecified atom stereocenters. The Bertz CT molecular complexity index is 577. The summed E-state index contributed by atoms with van der Waals surface area (Å²) in [7, 11) is 3.91. The summed E-state index contributed by atoms with van der Waals surface area (Å²) in [4.78, 5) is 25.7. The predicted molar refractivity (Wildman–Crippen MR) is 102 cm³/mol. The van der Waals surface area contributed by atoms with Gasteiger partial charge in [-0.15, -0.1) is 0 Å². The molecule has 2 aliphatic rings. The van der Waals surface area contributed by atoms with E-state index in [-0.39, 0.29) is 5.91 Å². The van der Waals surface area contributed by atoms with Crippen molar-refractivity contribution in [1.82, 2.24) is 9.97 Å². The number of nitrogens with one attached hydrogen (secondary N) is 1. The zero-order chi connectivity index (χ0) is 17.6. The molecule has 3 rings (SSSR count). The third-order valence-electron chi connectivity index (χ3n) is 5.35. The number of hydrogen-bond donors (Lipinski definition) is 1. The number of carbonyl (C=O) groups is 1. The largest absolute Gasteiger partial charge is 0.361 e. The van der Waals surface area contributed by atoms with Gasteiger partial charge in [0.2, 0.25) is 11.9 Å². The lowest BCUT2D eigenvalue weighted by Crippen LogP contribution is -2.31. The van der Waals surface area contributed by atoms with Crippen LogP contribution in [0.5, 0.6) is 0 Å². The van der Waals surface area contributed by atoms with E-state index in [0.717, 1.165) is 37.2 Å². The number of carbonyl (C=O) groups excluding carboxylic acids is 1. The van der Waals surface area contributed by atoms with Crippen LogP contribution in [0.3, 0.4) is 0 Å². The van der Waals surface area contributed by atoms with Crippen molar-refractivity contribution >= 4 is 23.4 Å². The quantitative estimate of drug-likeness (QED) is 0.856. The Morgan fingerprint density at radius 3 is 2.60 bits per heavy atom. The Morgan fingerprint density at radius 2 is 1.92 bits per heavy atom. The molecule has 1 saturated heterocycles. The molecule has 1 amide bonds. The van der Waals surface area contributed by atoms with E-state index in [1.54, 1.807) is 6.20 Å². The van der Waals surface area contributed by atoms with Gasteiger partial charge in [0.05, 0.1) is 6.20 Å². The van der Waals surface area contributed by atoms with Gasteiger partial charge < -0.3 is 15.1 Å². The number of amides is 1. The molecular formula is C19H31N5O. The first-order valence-electron chi connectivity index (χ1n) is 9.72. The first kappa shape index (κ1) is 18.0. The minimum atomic E-state index is 0.0734. The van der Waals surface area contributed by atoms with E-state index >= 15 is 0 Å². The molecule has 0 bridgehead atoms. The smallest absolute Gasteiger partial charge is 0.227 e. The van der Waals surface area contributed by atoms with Crippen molar-refractivity contribution in [3.05, 3.63) is 6.20 Å². The zero-order valence-electron chi connectivity index (χ0n) is 15.6. The van der Waals surface area contributed by atoms with E-state index in [0.29, 0.717) is 12.1 Å². The fraction of sp³-hybridized carbons (Fsp3) is 0.737. The van der Waals surface area contributed by atoms with Gasteiger partial charge in [-0.2, -0.15) is 4.98 Å². The summed E-state index contributed by atoms with van der Waals surface area (Å²) in [5, 5.41) is 3.02. The Hall–Kier alpha value is -1.85. The van der Waals surface area contributed by atoms with Crippen LogP contribution in [-0.2, 0) is 4.79 Å². The molecule has 138 valence electrons. The van der Waals surface area contributed by atoms with E-state index in [2.05, 4.69) is 15.2 Å². The number of nitrogens with zero attached hydrogens (tertiary/aromatic N) is 4. The van der Waals surface area contributed by atoms with Crippen molar-refractivity contribution < 1.29 is 4.79 Å². The van der Waals surface area contributed by atoms with Crippen LogP contribution in [0.25, 0.3) is 0 Å². The molecule has 6 heteroatoms. The maximum absolute atomic E-state index is 12.3. The molecule has 0 aromatic carbocycles. The molecule has 2 heterocycles. The van der Waals surface area contributed by atoms with E-state index in [9.17, 15) is 4.79 Å². The van der Waals surface area contributed by atoms with Crippen molar-refractivity contribution in [1.29, 1.82) is 0 Å². The van der Waals surface area contributed by atoms with Gasteiger partial charge in [-0.3, -0.25) is 4.79 Å². The van der Waals surface area contributed by atoms with Crippen molar-refractivity contribution in [2.45, 2.75) is 57.8 Å². The molecule has 0 spiro atoms. The predicted octanol–water partition coefficient (Wildman–Crippen LogP) is 3.44. The van der Waals surface area contributed by atoms with Crippen LogP contribution < -0.4 is 15.1 Å². The lowest BCUT2D eigenvalue weighted by molar-refractivity contribution is -0.116. The minimum Gasteiger partial charge on any atom is -0.361 e. The van der Waals surface area contributed by atoms with Gasteiger partial charge in [0.15, 0.2) is 5.82 Å². The van der Waals surface area contributed by atoms with Crippen LogP contribution in [-0.4, -0.2) is 43.1 Å². The Kier molecular flexibility index (Phi) is 6.10. The maximum atomic E-state index is 12.3. The third-order valence-corrected chi connectivity index (χ3v) is 5.35. The average Bonchev–Trinajstić information content (AvgIpc) is 3.14. The highest BCUT2D eigenvalue weighted by Gasteiger charge is 2.19. The topological polar surface area (TPSA) is 61.4 Å². The first-order valence-corrected chi connectivity index (χ1v) is 9.72. The maximum Gasteiger partial charge on any atom is 0.227 e. The highest BCUT2D eigenvalue weighted by atomic mass is 16.1.